The first-order valence-corrected chi connectivity index (χ1v) is 4.80. The minimum atomic E-state index is 0.571. The fourth-order valence-corrected chi connectivity index (χ4v) is 0. The van der Waals surface area contributed by atoms with Gasteiger partial charge in [0.15, 0.2) is 0 Å². The summed E-state index contributed by atoms with van der Waals surface area (Å²) in [6.07, 6.45) is 0. The highest BCUT2D eigenvalue weighted by atomic mass is 79.9. The van der Waals surface area contributed by atoms with Crippen LogP contribution >= 0.6 is 31.9 Å². The predicted octanol–water partition coefficient (Wildman–Crippen LogP) is 0.886. The second-order valence-corrected chi connectivity index (χ2v) is 5.06. The molecule has 0 aromatic rings. The fraction of sp³-hybridized carbons (Fsp3) is 1.00. The van der Waals surface area contributed by atoms with Crippen LogP contribution in [0, 0.1) is 0 Å². The minimum absolute atomic E-state index is 0.571. The molecule has 3 heteroatoms. The maximum atomic E-state index is 3.32. The number of hydrogen-bond donors (Lipinski definition) is 0. The second kappa shape index (κ2) is 3.37. The van der Waals surface area contributed by atoms with Gasteiger partial charge in [-0.15, -0.1) is 0 Å². The Bertz CT molecular complexity index is 21.6. The Hall–Kier alpha value is 1.18. The van der Waals surface area contributed by atoms with Crippen LogP contribution in [0.5, 0.6) is 0 Å². The number of hydrogen-bond acceptors (Lipinski definition) is 0. The van der Waals surface area contributed by atoms with E-state index < -0.39 is 0 Å². The molecule has 0 amide bonds. The quantitative estimate of drug-likeness (QED) is 0.452. The van der Waals surface area contributed by atoms with E-state index in [0.29, 0.717) is 3.74 Å². The lowest BCUT2D eigenvalue weighted by Gasteiger charge is -1.85. The number of halogens is 2. The Kier molecular flexibility index (Phi) is 4.16. The summed E-state index contributed by atoms with van der Waals surface area (Å²) in [5.74, 6) is 0. The van der Waals surface area contributed by atoms with Crippen LogP contribution in [0.2, 0.25) is 6.04 Å². The molecular weight excluding hydrogens is 212 g/mol. The summed E-state index contributed by atoms with van der Waals surface area (Å²) in [6.45, 7) is 0. The molecule has 0 fully saturated rings. The van der Waals surface area contributed by atoms with Gasteiger partial charge in [0.2, 0.25) is 0 Å². The molecule has 0 saturated heterocycles. The summed E-state index contributed by atoms with van der Waals surface area (Å²) >= 11 is 6.65. The van der Waals surface area contributed by atoms with E-state index >= 15 is 0 Å². The summed E-state index contributed by atoms with van der Waals surface area (Å²) in [5.41, 5.74) is 0. The van der Waals surface area contributed by atoms with Crippen LogP contribution in [0.4, 0.5) is 0 Å². The minimum Gasteiger partial charge on any atom is -0.0768 e. The van der Waals surface area contributed by atoms with E-state index in [-0.39, 0.29) is 0 Å². The molecule has 0 rings (SSSR count). The van der Waals surface area contributed by atoms with Crippen LogP contribution in [-0.4, -0.2) is 14.0 Å². The van der Waals surface area contributed by atoms with Gasteiger partial charge in [0.05, 0.1) is 3.74 Å². The van der Waals surface area contributed by atoms with Crippen LogP contribution in [-0.2, 0) is 0 Å². The van der Waals surface area contributed by atoms with Crippen molar-refractivity contribution >= 4 is 42.1 Å². The van der Waals surface area contributed by atoms with E-state index in [1.165, 1.54) is 16.3 Å². The van der Waals surface area contributed by atoms with Crippen molar-refractivity contribution in [2.45, 2.75) is 9.78 Å². The monoisotopic (exact) mass is 216 g/mol. The van der Waals surface area contributed by atoms with E-state index in [4.69, 9.17) is 0 Å². The third kappa shape index (κ3) is 5.18. The Morgan fingerprint density at radius 1 is 1.60 bits per heavy atom. The molecule has 0 saturated carbocycles. The molecule has 32 valence electrons. The Morgan fingerprint density at radius 3 is 1.80 bits per heavy atom. The summed E-state index contributed by atoms with van der Waals surface area (Å²) in [4.78, 5) is 0. The smallest absolute Gasteiger partial charge is 0.0666 e. The highest BCUT2D eigenvalue weighted by molar-refractivity contribution is 9.24. The zero-order valence-corrected chi connectivity index (χ0v) is 8.21. The van der Waals surface area contributed by atoms with E-state index in [1.807, 2.05) is 0 Å². The van der Waals surface area contributed by atoms with Gasteiger partial charge in [-0.25, -0.2) is 0 Å². The lowest BCUT2D eigenvalue weighted by Crippen LogP contribution is -1.76. The Labute approximate surface area is 52.0 Å². The van der Waals surface area contributed by atoms with Crippen molar-refractivity contribution in [3.8, 4) is 0 Å². The topological polar surface area (TPSA) is 0 Å². The molecule has 0 aromatic heterocycles. The van der Waals surface area contributed by atoms with Gasteiger partial charge >= 0.3 is 0 Å². The van der Waals surface area contributed by atoms with Crippen LogP contribution in [0.3, 0.4) is 0 Å². The summed E-state index contributed by atoms with van der Waals surface area (Å²) in [7, 11) is 1.28. The van der Waals surface area contributed by atoms with Crippen molar-refractivity contribution in [3.05, 3.63) is 0 Å². The molecule has 0 spiro atoms. The van der Waals surface area contributed by atoms with Gasteiger partial charge in [-0.1, -0.05) is 31.9 Å². The van der Waals surface area contributed by atoms with Gasteiger partial charge in [-0.3, -0.25) is 0 Å². The van der Waals surface area contributed by atoms with E-state index in [9.17, 15) is 0 Å². The summed E-state index contributed by atoms with van der Waals surface area (Å²) in [5, 5.41) is 0. The normalized spacial score (nSPS) is 10.2. The van der Waals surface area contributed by atoms with Crippen molar-refractivity contribution in [1.82, 2.24) is 0 Å². The summed E-state index contributed by atoms with van der Waals surface area (Å²) < 4.78 is 0.571. The van der Waals surface area contributed by atoms with Crippen molar-refractivity contribution < 1.29 is 0 Å². The molecule has 0 aliphatic rings. The van der Waals surface area contributed by atoms with Crippen molar-refractivity contribution in [3.63, 3.8) is 0 Å². The lowest BCUT2D eigenvalue weighted by atomic mass is 11.0. The van der Waals surface area contributed by atoms with E-state index in [2.05, 4.69) is 31.9 Å². The molecule has 0 radical (unpaired) electrons. The second-order valence-electron chi connectivity index (χ2n) is 0.799. The first-order chi connectivity index (χ1) is 2.27. The molecule has 5 heavy (non-hydrogen) atoms. The zero-order chi connectivity index (χ0) is 4.28. The zero-order valence-electron chi connectivity index (χ0n) is 3.04. The highest BCUT2D eigenvalue weighted by Crippen LogP contribution is 2.09. The van der Waals surface area contributed by atoms with Crippen LogP contribution < -0.4 is 0 Å². The van der Waals surface area contributed by atoms with Gasteiger partial charge in [0, 0.05) is 10.2 Å². The molecule has 0 heterocycles. The molecule has 0 bridgehead atoms. The maximum absolute atomic E-state index is 3.32. The molecule has 0 unspecified atom stereocenters. The summed E-state index contributed by atoms with van der Waals surface area (Å²) in [6, 6.07) is 1.28. The third-order valence-corrected chi connectivity index (χ3v) is 4.81. The SMILES string of the molecule is [SiH3]CC(Br)Br. The molecule has 0 nitrogen and oxygen atoms in total. The largest absolute Gasteiger partial charge is 0.0768 e. The molecule has 0 N–H and O–H groups in total. The van der Waals surface area contributed by atoms with E-state index in [0.717, 1.165) is 0 Å². The number of alkyl halides is 2. The van der Waals surface area contributed by atoms with Crippen LogP contribution in [0.15, 0.2) is 0 Å². The van der Waals surface area contributed by atoms with Gasteiger partial charge < -0.3 is 0 Å². The lowest BCUT2D eigenvalue weighted by molar-refractivity contribution is 1.46. The van der Waals surface area contributed by atoms with Gasteiger partial charge in [-0.2, -0.15) is 0 Å². The first-order valence-electron chi connectivity index (χ1n) is 1.55. The third-order valence-electron chi connectivity index (χ3n) is 0.309. The average molecular weight is 218 g/mol. The standard InChI is InChI=1S/C2H6Br2Si/c3-2(4)1-5/h2H,1H2,5H3. The van der Waals surface area contributed by atoms with Crippen LogP contribution in [0.1, 0.15) is 0 Å². The Balaban J connectivity index is 2.54. The van der Waals surface area contributed by atoms with Crippen molar-refractivity contribution in [2.24, 2.45) is 0 Å². The highest BCUT2D eigenvalue weighted by Gasteiger charge is 1.85. The average Bonchev–Trinajstić information content (AvgIpc) is 1.38. The van der Waals surface area contributed by atoms with Gasteiger partial charge in [0.25, 0.3) is 0 Å². The van der Waals surface area contributed by atoms with E-state index in [1.54, 1.807) is 0 Å². The predicted molar refractivity (Wildman–Crippen MR) is 36.4 cm³/mol. The molecule has 0 aliphatic carbocycles. The Morgan fingerprint density at radius 2 is 1.80 bits per heavy atom. The van der Waals surface area contributed by atoms with Gasteiger partial charge in [-0.05, 0) is 6.04 Å². The van der Waals surface area contributed by atoms with Crippen molar-refractivity contribution in [1.29, 1.82) is 0 Å². The van der Waals surface area contributed by atoms with Gasteiger partial charge in [0.1, 0.15) is 0 Å². The molecule has 0 atom stereocenters. The van der Waals surface area contributed by atoms with Crippen molar-refractivity contribution in [2.75, 3.05) is 0 Å². The molecule has 0 aromatic carbocycles. The van der Waals surface area contributed by atoms with Crippen LogP contribution in [0.25, 0.3) is 0 Å². The molecular formula is C2H6Br2Si. The number of rotatable bonds is 1. The fourth-order valence-electron chi connectivity index (χ4n) is 0. The maximum Gasteiger partial charge on any atom is 0.0666 e. The first kappa shape index (κ1) is 6.18. The molecule has 0 aliphatic heterocycles.